The second-order valence-electron chi connectivity index (χ2n) is 8.61. The SMILES string of the molecule is CC1CN(CCCF)C1.NC1CN(CCCF)C1.O=S(=O)(O)CCS(=O)(=O)O.O=S(=O)(O)CCS(=O)(=O)O. The first-order chi connectivity index (χ1) is 17.1. The van der Waals surface area contributed by atoms with E-state index < -0.39 is 63.5 Å². The van der Waals surface area contributed by atoms with E-state index in [0.717, 1.165) is 32.1 Å². The number of alkyl halides is 2. The molecule has 0 saturated carbocycles. The molecule has 0 spiro atoms. The Kier molecular flexibility index (Phi) is 19.4. The van der Waals surface area contributed by atoms with E-state index in [1.807, 2.05) is 0 Å². The average Bonchev–Trinajstić information content (AvgIpc) is 2.69. The molecule has 0 bridgehead atoms. The number of halogens is 2. The molecule has 15 nitrogen and oxygen atoms in total. The van der Waals surface area contributed by atoms with Crippen molar-refractivity contribution in [2.24, 2.45) is 11.7 Å². The van der Waals surface area contributed by atoms with Gasteiger partial charge >= 0.3 is 0 Å². The molecule has 0 unspecified atom stereocenters. The van der Waals surface area contributed by atoms with E-state index in [4.69, 9.17) is 23.9 Å². The van der Waals surface area contributed by atoms with Crippen LogP contribution in [-0.2, 0) is 40.5 Å². The summed E-state index contributed by atoms with van der Waals surface area (Å²) in [7, 11) is -17.2. The maximum Gasteiger partial charge on any atom is 0.265 e. The summed E-state index contributed by atoms with van der Waals surface area (Å²) in [6.45, 7) is 7.98. The van der Waals surface area contributed by atoms with Gasteiger partial charge in [-0.3, -0.25) is 27.0 Å². The monoisotopic (exact) mass is 643 g/mol. The molecule has 0 aromatic rings. The van der Waals surface area contributed by atoms with E-state index in [0.29, 0.717) is 18.9 Å². The van der Waals surface area contributed by atoms with Gasteiger partial charge in [0.05, 0.1) is 36.4 Å². The summed E-state index contributed by atoms with van der Waals surface area (Å²) in [6, 6.07) is 0.351. The predicted octanol–water partition coefficient (Wildman–Crippen LogP) is -1.19. The highest BCUT2D eigenvalue weighted by Crippen LogP contribution is 2.13. The van der Waals surface area contributed by atoms with Crippen LogP contribution < -0.4 is 5.73 Å². The number of hydrogen-bond acceptors (Lipinski definition) is 11. The molecule has 2 aliphatic heterocycles. The fourth-order valence-corrected chi connectivity index (χ4v) is 6.16. The highest BCUT2D eigenvalue weighted by molar-refractivity contribution is 7.90. The maximum absolute atomic E-state index is 11.6. The Balaban J connectivity index is 0. The molecule has 38 heavy (non-hydrogen) atoms. The third-order valence-corrected chi connectivity index (χ3v) is 7.94. The van der Waals surface area contributed by atoms with E-state index in [-0.39, 0.29) is 13.3 Å². The smallest absolute Gasteiger partial charge is 0.265 e. The fourth-order valence-electron chi connectivity index (χ4n) is 2.79. The zero-order valence-electron chi connectivity index (χ0n) is 21.0. The van der Waals surface area contributed by atoms with Gasteiger partial charge < -0.3 is 15.5 Å². The van der Waals surface area contributed by atoms with E-state index >= 15 is 0 Å². The molecule has 0 aromatic heterocycles. The maximum atomic E-state index is 11.6. The van der Waals surface area contributed by atoms with Crippen LogP contribution in [0.1, 0.15) is 19.8 Å². The van der Waals surface area contributed by atoms with Crippen LogP contribution in [0.2, 0.25) is 0 Å². The lowest BCUT2D eigenvalue weighted by Crippen LogP contribution is -2.55. The van der Waals surface area contributed by atoms with Crippen LogP contribution in [-0.4, -0.2) is 143 Å². The third-order valence-electron chi connectivity index (χ3n) is 4.54. The van der Waals surface area contributed by atoms with Gasteiger partial charge in [0.15, 0.2) is 0 Å². The van der Waals surface area contributed by atoms with Gasteiger partial charge in [0.25, 0.3) is 40.5 Å². The van der Waals surface area contributed by atoms with Crippen LogP contribution >= 0.6 is 0 Å². The summed E-state index contributed by atoms with van der Waals surface area (Å²) in [6.07, 6.45) is 1.37. The van der Waals surface area contributed by atoms with Gasteiger partial charge in [-0.1, -0.05) is 6.92 Å². The van der Waals surface area contributed by atoms with Crippen molar-refractivity contribution in [3.8, 4) is 0 Å². The highest BCUT2D eigenvalue weighted by Gasteiger charge is 2.22. The Morgan fingerprint density at radius 3 is 1.08 bits per heavy atom. The first-order valence-corrected chi connectivity index (χ1v) is 17.6. The Morgan fingerprint density at radius 1 is 0.632 bits per heavy atom. The minimum absolute atomic E-state index is 0.162. The van der Waals surface area contributed by atoms with Crippen molar-refractivity contribution in [3.05, 3.63) is 0 Å². The van der Waals surface area contributed by atoms with Gasteiger partial charge in [-0.25, -0.2) is 0 Å². The van der Waals surface area contributed by atoms with Crippen LogP contribution in [0.5, 0.6) is 0 Å². The lowest BCUT2D eigenvalue weighted by Gasteiger charge is -2.36. The number of nitrogens with two attached hydrogens (primary N) is 1. The minimum Gasteiger partial charge on any atom is -0.325 e. The lowest BCUT2D eigenvalue weighted by molar-refractivity contribution is 0.109. The van der Waals surface area contributed by atoms with Crippen molar-refractivity contribution in [1.82, 2.24) is 9.80 Å². The Bertz CT molecular complexity index is 911. The Hall–Kier alpha value is -0.620. The van der Waals surface area contributed by atoms with Crippen molar-refractivity contribution in [2.75, 3.05) is 75.6 Å². The fraction of sp³-hybridized carbons (Fsp3) is 1.00. The standard InChI is InChI=1S/C7H14FN.C6H13FN2.2C2H6O6S2/c1-7-5-9(6-7)4-2-3-8;7-2-1-3-9-4-6(8)5-9;2*3-9(4,5)1-2-10(6,7)8/h7H,2-6H2,1H3;6H,1-5,8H2;2*1-2H2,(H,3,4,5)(H,6,7,8). The summed E-state index contributed by atoms with van der Waals surface area (Å²) < 4.78 is 134. The summed E-state index contributed by atoms with van der Waals surface area (Å²) >= 11 is 0. The van der Waals surface area contributed by atoms with Crippen molar-refractivity contribution < 1.29 is 60.7 Å². The molecule has 0 amide bonds. The number of likely N-dealkylation sites (tertiary alicyclic amines) is 2. The molecular weight excluding hydrogens is 604 g/mol. The van der Waals surface area contributed by atoms with E-state index in [1.54, 1.807) is 0 Å². The molecule has 2 heterocycles. The van der Waals surface area contributed by atoms with Gasteiger partial charge in [0, 0.05) is 45.3 Å². The largest absolute Gasteiger partial charge is 0.325 e. The van der Waals surface area contributed by atoms with Crippen LogP contribution in [0.25, 0.3) is 0 Å². The Labute approximate surface area is 223 Å². The van der Waals surface area contributed by atoms with E-state index in [9.17, 15) is 42.5 Å². The highest BCUT2D eigenvalue weighted by atomic mass is 32.2. The zero-order chi connectivity index (χ0) is 30.2. The van der Waals surface area contributed by atoms with Crippen LogP contribution in [0.4, 0.5) is 8.78 Å². The van der Waals surface area contributed by atoms with Gasteiger partial charge in [-0.05, 0) is 18.8 Å². The molecule has 0 aromatic carbocycles. The molecule has 2 rings (SSSR count). The third kappa shape index (κ3) is 29.9. The second-order valence-corrected chi connectivity index (χ2v) is 14.9. The molecule has 2 saturated heterocycles. The molecular formula is C17H39F2N3O12S4. The van der Waals surface area contributed by atoms with Gasteiger partial charge in [0.2, 0.25) is 0 Å². The number of nitrogens with zero attached hydrogens (tertiary/aromatic N) is 2. The van der Waals surface area contributed by atoms with Gasteiger partial charge in [0.1, 0.15) is 0 Å². The minimum atomic E-state index is -4.30. The molecule has 232 valence electrons. The predicted molar refractivity (Wildman–Crippen MR) is 137 cm³/mol. The van der Waals surface area contributed by atoms with E-state index in [2.05, 4.69) is 16.7 Å². The normalized spacial score (nSPS) is 17.5. The quantitative estimate of drug-likeness (QED) is 0.157. The molecule has 0 aliphatic carbocycles. The van der Waals surface area contributed by atoms with Crippen molar-refractivity contribution in [3.63, 3.8) is 0 Å². The van der Waals surface area contributed by atoms with Gasteiger partial charge in [-0.15, -0.1) is 0 Å². The molecule has 2 fully saturated rings. The average molecular weight is 644 g/mol. The summed E-state index contributed by atoms with van der Waals surface area (Å²) in [4.78, 5) is 4.47. The van der Waals surface area contributed by atoms with Gasteiger partial charge in [-0.2, -0.15) is 33.7 Å². The molecule has 0 atom stereocenters. The van der Waals surface area contributed by atoms with Crippen LogP contribution in [0, 0.1) is 5.92 Å². The molecule has 2 aliphatic rings. The first-order valence-electron chi connectivity index (χ1n) is 11.2. The second kappa shape index (κ2) is 18.7. The summed E-state index contributed by atoms with van der Waals surface area (Å²) in [5, 5.41) is 0. The van der Waals surface area contributed by atoms with E-state index in [1.165, 1.54) is 13.1 Å². The van der Waals surface area contributed by atoms with Crippen molar-refractivity contribution in [1.29, 1.82) is 0 Å². The summed E-state index contributed by atoms with van der Waals surface area (Å²) in [5.74, 6) is -3.07. The van der Waals surface area contributed by atoms with Crippen molar-refractivity contribution in [2.45, 2.75) is 25.8 Å². The number of hydrogen-bond donors (Lipinski definition) is 5. The lowest BCUT2D eigenvalue weighted by atomic mass is 10.0. The molecule has 21 heteroatoms. The first kappa shape index (κ1) is 39.5. The Morgan fingerprint density at radius 2 is 0.895 bits per heavy atom. The topological polar surface area (TPSA) is 250 Å². The van der Waals surface area contributed by atoms with Crippen LogP contribution in [0.3, 0.4) is 0 Å². The summed E-state index contributed by atoms with van der Waals surface area (Å²) in [5.41, 5.74) is 5.51. The molecule has 0 radical (unpaired) electrons. The number of rotatable bonds is 12. The van der Waals surface area contributed by atoms with Crippen molar-refractivity contribution >= 4 is 40.5 Å². The zero-order valence-corrected chi connectivity index (χ0v) is 24.2. The van der Waals surface area contributed by atoms with Crippen LogP contribution in [0.15, 0.2) is 0 Å². The molecule has 6 N–H and O–H groups in total.